The van der Waals surface area contributed by atoms with Crippen LogP contribution in [0.15, 0.2) is 59.6 Å². The lowest BCUT2D eigenvalue weighted by Gasteiger charge is -2.16. The number of methoxy groups -OCH3 is 1. The van der Waals surface area contributed by atoms with Gasteiger partial charge in [-0.2, -0.15) is 0 Å². The van der Waals surface area contributed by atoms with Crippen LogP contribution >= 0.6 is 11.8 Å². The summed E-state index contributed by atoms with van der Waals surface area (Å²) in [7, 11) is 1.66. The van der Waals surface area contributed by atoms with Gasteiger partial charge in [-0.3, -0.25) is 14.7 Å². The summed E-state index contributed by atoms with van der Waals surface area (Å²) in [5.41, 5.74) is 2.42. The van der Waals surface area contributed by atoms with Gasteiger partial charge in [-0.05, 0) is 36.1 Å². The number of aryl methyl sites for hydroxylation is 1. The van der Waals surface area contributed by atoms with Crippen molar-refractivity contribution in [3.63, 3.8) is 0 Å². The van der Waals surface area contributed by atoms with Crippen molar-refractivity contribution in [2.24, 2.45) is 4.99 Å². The third-order valence-electron chi connectivity index (χ3n) is 4.56. The second kappa shape index (κ2) is 9.60. The van der Waals surface area contributed by atoms with Gasteiger partial charge < -0.3 is 4.74 Å². The summed E-state index contributed by atoms with van der Waals surface area (Å²) in [5.74, 6) is 0.990. The topological polar surface area (TPSA) is 41.9 Å². The second-order valence-electron chi connectivity index (χ2n) is 6.68. The molecule has 1 amide bonds. The Morgan fingerprint density at radius 1 is 1.11 bits per heavy atom. The molecule has 1 fully saturated rings. The van der Waals surface area contributed by atoms with E-state index in [-0.39, 0.29) is 5.91 Å². The summed E-state index contributed by atoms with van der Waals surface area (Å²) in [5, 5.41) is 1.27. The molecule has 1 aliphatic rings. The third kappa shape index (κ3) is 5.60. The molecule has 2 aromatic carbocycles. The van der Waals surface area contributed by atoms with Crippen LogP contribution in [0.1, 0.15) is 24.5 Å². The molecule has 1 saturated heterocycles. The first-order valence-electron chi connectivity index (χ1n) is 9.34. The van der Waals surface area contributed by atoms with Gasteiger partial charge in [-0.25, -0.2) is 0 Å². The van der Waals surface area contributed by atoms with Gasteiger partial charge in [-0.1, -0.05) is 61.2 Å². The van der Waals surface area contributed by atoms with E-state index in [2.05, 4.69) is 19.1 Å². The molecule has 27 heavy (non-hydrogen) atoms. The van der Waals surface area contributed by atoms with Gasteiger partial charge in [0.1, 0.15) is 5.75 Å². The van der Waals surface area contributed by atoms with Crippen LogP contribution in [0.5, 0.6) is 5.75 Å². The van der Waals surface area contributed by atoms with Gasteiger partial charge in [-0.15, -0.1) is 0 Å². The van der Waals surface area contributed by atoms with Crippen molar-refractivity contribution in [1.29, 1.82) is 0 Å². The van der Waals surface area contributed by atoms with E-state index in [1.165, 1.54) is 5.56 Å². The number of hydrogen-bond donors (Lipinski definition) is 0. The summed E-state index contributed by atoms with van der Waals surface area (Å²) < 4.78 is 5.18. The molecule has 0 bridgehead atoms. The molecular weight excluding hydrogens is 356 g/mol. The molecule has 0 aliphatic carbocycles. The summed E-state index contributed by atoms with van der Waals surface area (Å²) in [6, 6.07) is 18.2. The lowest BCUT2D eigenvalue weighted by atomic mass is 10.1. The van der Waals surface area contributed by atoms with Gasteiger partial charge in [0.25, 0.3) is 0 Å². The Morgan fingerprint density at radius 2 is 1.81 bits per heavy atom. The average Bonchev–Trinajstić information content (AvgIpc) is 3.08. The second-order valence-corrected chi connectivity index (χ2v) is 8.09. The first-order valence-corrected chi connectivity index (χ1v) is 10.2. The van der Waals surface area contributed by atoms with Gasteiger partial charge in [0.15, 0.2) is 5.17 Å². The zero-order chi connectivity index (χ0) is 19.1. The van der Waals surface area contributed by atoms with Crippen LogP contribution in [0.3, 0.4) is 0 Å². The Labute approximate surface area is 165 Å². The highest BCUT2D eigenvalue weighted by molar-refractivity contribution is 8.14. The van der Waals surface area contributed by atoms with Crippen LogP contribution in [0, 0.1) is 0 Å². The van der Waals surface area contributed by atoms with Crippen LogP contribution in [0.4, 0.5) is 0 Å². The zero-order valence-corrected chi connectivity index (χ0v) is 16.7. The van der Waals surface area contributed by atoms with E-state index in [0.717, 1.165) is 35.9 Å². The maximum atomic E-state index is 12.7. The molecule has 142 valence electrons. The molecule has 0 saturated carbocycles. The molecule has 1 aliphatic heterocycles. The van der Waals surface area contributed by atoms with E-state index in [4.69, 9.17) is 9.73 Å². The SMILES string of the molecule is COc1ccc(CCC(=O)N2C[C@H](C)SC2=NCCc2ccccc2)cc1. The van der Waals surface area contributed by atoms with E-state index in [0.29, 0.717) is 18.2 Å². The lowest BCUT2D eigenvalue weighted by molar-refractivity contribution is -0.127. The molecule has 0 unspecified atom stereocenters. The van der Waals surface area contributed by atoms with Crippen molar-refractivity contribution in [2.45, 2.75) is 31.4 Å². The molecule has 0 spiro atoms. The quantitative estimate of drug-likeness (QED) is 0.721. The molecular formula is C22H26N2O2S. The standard InChI is InChI=1S/C22H26N2O2S/c1-17-16-24(21(25)13-10-19-8-11-20(26-2)12-9-19)22(27-17)23-15-14-18-6-4-3-5-7-18/h3-9,11-12,17H,10,13-16H2,1-2H3/t17-/m0/s1. The number of hydrogen-bond acceptors (Lipinski definition) is 4. The maximum Gasteiger partial charge on any atom is 0.228 e. The minimum absolute atomic E-state index is 0.154. The number of amidine groups is 1. The van der Waals surface area contributed by atoms with Crippen LogP contribution in [0.25, 0.3) is 0 Å². The predicted octanol–water partition coefficient (Wildman–Crippen LogP) is 4.19. The Hall–Kier alpha value is -2.27. The predicted molar refractivity (Wildman–Crippen MR) is 113 cm³/mol. The summed E-state index contributed by atoms with van der Waals surface area (Å²) in [6.45, 7) is 3.60. The van der Waals surface area contributed by atoms with E-state index in [9.17, 15) is 4.79 Å². The fourth-order valence-corrected chi connectivity index (χ4v) is 4.10. The largest absolute Gasteiger partial charge is 0.497 e. The van der Waals surface area contributed by atoms with Gasteiger partial charge >= 0.3 is 0 Å². The Bertz CT molecular complexity index is 775. The van der Waals surface area contributed by atoms with E-state index < -0.39 is 0 Å². The minimum atomic E-state index is 0.154. The highest BCUT2D eigenvalue weighted by atomic mass is 32.2. The summed E-state index contributed by atoms with van der Waals surface area (Å²) in [6.07, 6.45) is 2.13. The number of ether oxygens (including phenoxy) is 1. The average molecular weight is 383 g/mol. The fourth-order valence-electron chi connectivity index (χ4n) is 3.05. The molecule has 0 radical (unpaired) electrons. The number of amides is 1. The van der Waals surface area contributed by atoms with Crippen molar-refractivity contribution in [1.82, 2.24) is 4.90 Å². The molecule has 1 atom stereocenters. The number of carbonyl (C=O) groups excluding carboxylic acids is 1. The van der Waals surface area contributed by atoms with Crippen molar-refractivity contribution in [3.05, 3.63) is 65.7 Å². The number of benzene rings is 2. The molecule has 4 nitrogen and oxygen atoms in total. The molecule has 0 N–H and O–H groups in total. The molecule has 5 heteroatoms. The van der Waals surface area contributed by atoms with Gasteiger partial charge in [0, 0.05) is 24.8 Å². The smallest absolute Gasteiger partial charge is 0.228 e. The van der Waals surface area contributed by atoms with Gasteiger partial charge in [0.05, 0.1) is 7.11 Å². The number of aliphatic imine (C=N–C) groups is 1. The fraction of sp³-hybridized carbons (Fsp3) is 0.364. The number of nitrogens with zero attached hydrogens (tertiary/aromatic N) is 2. The zero-order valence-electron chi connectivity index (χ0n) is 15.9. The number of carbonyl (C=O) groups is 1. The van der Waals surface area contributed by atoms with Crippen LogP contribution in [0.2, 0.25) is 0 Å². The van der Waals surface area contributed by atoms with Crippen LogP contribution in [-0.2, 0) is 17.6 Å². The van der Waals surface area contributed by atoms with Crippen molar-refractivity contribution in [3.8, 4) is 5.75 Å². The van der Waals surface area contributed by atoms with E-state index >= 15 is 0 Å². The monoisotopic (exact) mass is 382 g/mol. The highest BCUT2D eigenvalue weighted by Crippen LogP contribution is 2.26. The first kappa shape index (κ1) is 19.5. The molecule has 2 aromatic rings. The van der Waals surface area contributed by atoms with Crippen molar-refractivity contribution >= 4 is 22.8 Å². The minimum Gasteiger partial charge on any atom is -0.497 e. The van der Waals surface area contributed by atoms with Crippen molar-refractivity contribution in [2.75, 3.05) is 20.2 Å². The number of thioether (sulfide) groups is 1. The molecule has 1 heterocycles. The maximum absolute atomic E-state index is 12.7. The van der Waals surface area contributed by atoms with E-state index in [1.54, 1.807) is 18.9 Å². The van der Waals surface area contributed by atoms with Crippen molar-refractivity contribution < 1.29 is 9.53 Å². The van der Waals surface area contributed by atoms with Crippen LogP contribution in [-0.4, -0.2) is 41.4 Å². The lowest BCUT2D eigenvalue weighted by Crippen LogP contribution is -2.33. The summed E-state index contributed by atoms with van der Waals surface area (Å²) in [4.78, 5) is 19.3. The Kier molecular flexibility index (Phi) is 6.93. The number of rotatable bonds is 7. The van der Waals surface area contributed by atoms with E-state index in [1.807, 2.05) is 47.4 Å². The molecule has 3 rings (SSSR count). The first-order chi connectivity index (χ1) is 13.2. The van der Waals surface area contributed by atoms with Crippen LogP contribution < -0.4 is 4.74 Å². The Balaban J connectivity index is 1.55. The highest BCUT2D eigenvalue weighted by Gasteiger charge is 2.30. The third-order valence-corrected chi connectivity index (χ3v) is 5.67. The Morgan fingerprint density at radius 3 is 2.52 bits per heavy atom. The van der Waals surface area contributed by atoms with Gasteiger partial charge in [0.2, 0.25) is 5.91 Å². The normalized spacial score (nSPS) is 18.1. The summed E-state index contributed by atoms with van der Waals surface area (Å²) >= 11 is 1.70. The molecule has 0 aromatic heterocycles.